The number of methoxy groups -OCH3 is 2. The van der Waals surface area contributed by atoms with Crippen LogP contribution in [-0.4, -0.2) is 40.5 Å². The zero-order valence-electron chi connectivity index (χ0n) is 12.3. The number of nitrogens with zero attached hydrogens (tertiary/aromatic N) is 2. The number of benzene rings is 1. The second-order valence-corrected chi connectivity index (χ2v) is 5.21. The van der Waals surface area contributed by atoms with Gasteiger partial charge in [0.05, 0.1) is 14.2 Å². The Kier molecular flexibility index (Phi) is 5.05. The maximum absolute atomic E-state index is 11.4. The summed E-state index contributed by atoms with van der Waals surface area (Å²) in [4.78, 5) is 15.6. The minimum absolute atomic E-state index is 0.0746. The number of rotatable bonds is 6. The minimum Gasteiger partial charge on any atom is -0.493 e. The molecule has 0 saturated carbocycles. The normalized spacial score (nSPS) is 11.3. The molecule has 0 fully saturated rings. The van der Waals surface area contributed by atoms with Crippen molar-refractivity contribution < 1.29 is 19.4 Å². The Morgan fingerprint density at radius 1 is 1.36 bits per heavy atom. The molecule has 0 saturated heterocycles. The molecule has 0 bridgehead atoms. The van der Waals surface area contributed by atoms with E-state index < -0.39 is 5.97 Å². The molecule has 0 amide bonds. The van der Waals surface area contributed by atoms with E-state index in [1.807, 2.05) is 0 Å². The number of carboxylic acid groups (broad SMARTS) is 1. The third-order valence-corrected chi connectivity index (χ3v) is 3.59. The van der Waals surface area contributed by atoms with E-state index in [0.29, 0.717) is 28.0 Å². The molecule has 2 aromatic rings. The van der Waals surface area contributed by atoms with Crippen LogP contribution in [0.3, 0.4) is 0 Å². The number of aryl methyl sites for hydroxylation is 1. The molecule has 116 valence electrons. The molecule has 0 spiro atoms. The van der Waals surface area contributed by atoms with Crippen LogP contribution in [0.5, 0.6) is 11.5 Å². The van der Waals surface area contributed by atoms with Gasteiger partial charge in [-0.3, -0.25) is 5.10 Å². The van der Waals surface area contributed by atoms with Crippen LogP contribution in [0.25, 0.3) is 6.08 Å². The van der Waals surface area contributed by atoms with E-state index in [1.54, 1.807) is 25.1 Å². The number of carboxylic acids is 1. The van der Waals surface area contributed by atoms with E-state index in [1.165, 1.54) is 20.3 Å². The van der Waals surface area contributed by atoms with Crippen LogP contribution in [0.4, 0.5) is 0 Å². The molecule has 22 heavy (non-hydrogen) atoms. The van der Waals surface area contributed by atoms with Gasteiger partial charge < -0.3 is 14.6 Å². The van der Waals surface area contributed by atoms with Gasteiger partial charge >= 0.3 is 5.97 Å². The molecular weight excluding hydrogens is 306 g/mol. The lowest BCUT2D eigenvalue weighted by Crippen LogP contribution is -1.99. The van der Waals surface area contributed by atoms with Crippen LogP contribution in [-0.2, 0) is 4.79 Å². The second kappa shape index (κ2) is 6.99. The summed E-state index contributed by atoms with van der Waals surface area (Å²) in [5.41, 5.74) is 0.596. The number of thioether (sulfide) groups is 1. The predicted octanol–water partition coefficient (Wildman–Crippen LogP) is 2.35. The molecule has 2 N–H and O–H groups in total. The standard InChI is InChI=1S/C14H15N3O4S/c1-8-15-14(17-16-8)22-11(13(18)19)7-9-5-4-6-10(20-2)12(9)21-3/h4-7H,1-3H3,(H,18,19)(H,15,16,17)/b11-7-. The Bertz CT molecular complexity index is 712. The molecule has 8 heteroatoms. The third-order valence-electron chi connectivity index (χ3n) is 2.71. The highest BCUT2D eigenvalue weighted by atomic mass is 32.2. The number of para-hydroxylation sites is 1. The Morgan fingerprint density at radius 3 is 2.68 bits per heavy atom. The number of ether oxygens (including phenoxy) is 2. The zero-order chi connectivity index (χ0) is 16.1. The molecule has 1 heterocycles. The third kappa shape index (κ3) is 3.59. The highest BCUT2D eigenvalue weighted by Crippen LogP contribution is 2.34. The van der Waals surface area contributed by atoms with Gasteiger partial charge in [0.1, 0.15) is 10.7 Å². The van der Waals surface area contributed by atoms with Crippen molar-refractivity contribution in [2.75, 3.05) is 14.2 Å². The van der Waals surface area contributed by atoms with Gasteiger partial charge in [0.2, 0.25) is 5.16 Å². The molecule has 2 rings (SSSR count). The molecule has 0 radical (unpaired) electrons. The van der Waals surface area contributed by atoms with Crippen molar-refractivity contribution in [3.8, 4) is 11.5 Å². The fraction of sp³-hybridized carbons (Fsp3) is 0.214. The Balaban J connectivity index is 2.40. The van der Waals surface area contributed by atoms with E-state index in [4.69, 9.17) is 9.47 Å². The maximum atomic E-state index is 11.4. The largest absolute Gasteiger partial charge is 0.493 e. The number of hydrogen-bond acceptors (Lipinski definition) is 6. The van der Waals surface area contributed by atoms with E-state index in [-0.39, 0.29) is 4.91 Å². The van der Waals surface area contributed by atoms with E-state index >= 15 is 0 Å². The van der Waals surface area contributed by atoms with E-state index in [9.17, 15) is 9.90 Å². The summed E-state index contributed by atoms with van der Waals surface area (Å²) in [5.74, 6) is 0.541. The van der Waals surface area contributed by atoms with Crippen LogP contribution in [0.15, 0.2) is 28.3 Å². The number of aromatic amines is 1. The molecule has 1 aromatic carbocycles. The van der Waals surface area contributed by atoms with Crippen molar-refractivity contribution in [1.29, 1.82) is 0 Å². The Hall–Kier alpha value is -2.48. The predicted molar refractivity (Wildman–Crippen MR) is 82.1 cm³/mol. The number of nitrogens with one attached hydrogen (secondary N) is 1. The first kappa shape index (κ1) is 15.9. The first-order valence-corrected chi connectivity index (χ1v) is 7.09. The molecular formula is C14H15N3O4S. The van der Waals surface area contributed by atoms with Gasteiger partial charge in [-0.25, -0.2) is 9.78 Å². The van der Waals surface area contributed by atoms with Gasteiger partial charge in [-0.15, -0.1) is 5.10 Å². The summed E-state index contributed by atoms with van der Waals surface area (Å²) in [7, 11) is 3.02. The Labute approximate surface area is 131 Å². The van der Waals surface area contributed by atoms with Crippen molar-refractivity contribution in [3.05, 3.63) is 34.5 Å². The fourth-order valence-electron chi connectivity index (χ4n) is 1.77. The summed E-state index contributed by atoms with van der Waals surface area (Å²) in [6, 6.07) is 5.24. The van der Waals surface area contributed by atoms with E-state index in [0.717, 1.165) is 11.8 Å². The average Bonchev–Trinajstić information content (AvgIpc) is 2.91. The summed E-state index contributed by atoms with van der Waals surface area (Å²) < 4.78 is 10.5. The molecule has 0 aliphatic rings. The van der Waals surface area contributed by atoms with Crippen LogP contribution < -0.4 is 9.47 Å². The average molecular weight is 321 g/mol. The molecule has 0 atom stereocenters. The summed E-state index contributed by atoms with van der Waals surface area (Å²) >= 11 is 0.957. The van der Waals surface area contributed by atoms with Crippen molar-refractivity contribution in [1.82, 2.24) is 15.2 Å². The Morgan fingerprint density at radius 2 is 2.14 bits per heavy atom. The number of aromatic nitrogens is 3. The summed E-state index contributed by atoms with van der Waals surface area (Å²) in [5, 5.41) is 16.3. The van der Waals surface area contributed by atoms with Crippen molar-refractivity contribution in [3.63, 3.8) is 0 Å². The van der Waals surface area contributed by atoms with Gasteiger partial charge in [-0.2, -0.15) is 0 Å². The highest BCUT2D eigenvalue weighted by molar-refractivity contribution is 8.04. The quantitative estimate of drug-likeness (QED) is 0.622. The SMILES string of the molecule is COc1cccc(/C=C(\Sc2n[nH]c(C)n2)C(=O)O)c1OC. The second-order valence-electron chi connectivity index (χ2n) is 4.20. The first-order chi connectivity index (χ1) is 10.5. The van der Waals surface area contributed by atoms with Crippen LogP contribution >= 0.6 is 11.8 Å². The number of carbonyl (C=O) groups is 1. The van der Waals surface area contributed by atoms with Gasteiger partial charge in [0, 0.05) is 5.56 Å². The molecule has 7 nitrogen and oxygen atoms in total. The lowest BCUT2D eigenvalue weighted by molar-refractivity contribution is -0.131. The minimum atomic E-state index is -1.07. The summed E-state index contributed by atoms with van der Waals surface area (Å²) in [6.07, 6.45) is 1.50. The maximum Gasteiger partial charge on any atom is 0.342 e. The molecule has 0 aliphatic heterocycles. The summed E-state index contributed by atoms with van der Waals surface area (Å²) in [6.45, 7) is 1.74. The number of H-pyrrole nitrogens is 1. The van der Waals surface area contributed by atoms with Gasteiger partial charge in [-0.05, 0) is 30.8 Å². The monoisotopic (exact) mass is 321 g/mol. The van der Waals surface area contributed by atoms with Gasteiger partial charge in [0.15, 0.2) is 11.5 Å². The molecule has 0 unspecified atom stereocenters. The first-order valence-electron chi connectivity index (χ1n) is 6.28. The van der Waals surface area contributed by atoms with Crippen molar-refractivity contribution in [2.45, 2.75) is 12.1 Å². The van der Waals surface area contributed by atoms with Crippen molar-refractivity contribution >= 4 is 23.8 Å². The highest BCUT2D eigenvalue weighted by Gasteiger charge is 2.15. The van der Waals surface area contributed by atoms with Crippen molar-refractivity contribution in [2.24, 2.45) is 0 Å². The van der Waals surface area contributed by atoms with Crippen LogP contribution in [0.1, 0.15) is 11.4 Å². The molecule has 0 aliphatic carbocycles. The molecule has 1 aromatic heterocycles. The number of aliphatic carboxylic acids is 1. The lowest BCUT2D eigenvalue weighted by atomic mass is 10.1. The topological polar surface area (TPSA) is 97.3 Å². The lowest BCUT2D eigenvalue weighted by Gasteiger charge is -2.10. The van der Waals surface area contributed by atoms with Crippen LogP contribution in [0.2, 0.25) is 0 Å². The fourth-order valence-corrected chi connectivity index (χ4v) is 2.51. The van der Waals surface area contributed by atoms with Crippen LogP contribution in [0, 0.1) is 6.92 Å². The van der Waals surface area contributed by atoms with E-state index in [2.05, 4.69) is 15.2 Å². The number of hydrogen-bond donors (Lipinski definition) is 2. The van der Waals surface area contributed by atoms with Gasteiger partial charge in [-0.1, -0.05) is 12.1 Å². The zero-order valence-corrected chi connectivity index (χ0v) is 13.1. The van der Waals surface area contributed by atoms with Gasteiger partial charge in [0.25, 0.3) is 0 Å². The smallest absolute Gasteiger partial charge is 0.342 e.